The fourth-order valence-electron chi connectivity index (χ4n) is 2.33. The van der Waals surface area contributed by atoms with Crippen LogP contribution in [-0.2, 0) is 9.59 Å². The maximum absolute atomic E-state index is 12.0. The Morgan fingerprint density at radius 1 is 1.42 bits per heavy atom. The molecule has 0 aliphatic heterocycles. The van der Waals surface area contributed by atoms with Crippen molar-refractivity contribution in [3.63, 3.8) is 0 Å². The van der Waals surface area contributed by atoms with Crippen molar-refractivity contribution in [1.29, 1.82) is 0 Å². The minimum atomic E-state index is -0.759. The van der Waals surface area contributed by atoms with Crippen molar-refractivity contribution in [2.24, 2.45) is 17.6 Å². The molecule has 0 aromatic rings. The molecule has 1 aliphatic carbocycles. The lowest BCUT2D eigenvalue weighted by Gasteiger charge is -2.24. The van der Waals surface area contributed by atoms with Crippen molar-refractivity contribution in [2.75, 3.05) is 6.54 Å². The van der Waals surface area contributed by atoms with Gasteiger partial charge in [-0.1, -0.05) is 13.3 Å². The molecule has 5 nitrogen and oxygen atoms in total. The van der Waals surface area contributed by atoms with E-state index in [0.29, 0.717) is 24.8 Å². The minimum absolute atomic E-state index is 0.0805. The SMILES string of the molecule is CCC(CCNC(=O)C(C)(N)C1CC1)CCC(=O)O. The standard InChI is InChI=1S/C14H26N2O3/c1-3-10(4-7-12(17)18)8-9-16-13(19)14(2,15)11-5-6-11/h10-11H,3-9,15H2,1-2H3,(H,16,19)(H,17,18). The van der Waals surface area contributed by atoms with Crippen LogP contribution in [0.2, 0.25) is 0 Å². The Morgan fingerprint density at radius 2 is 2.05 bits per heavy atom. The summed E-state index contributed by atoms with van der Waals surface area (Å²) in [7, 11) is 0. The van der Waals surface area contributed by atoms with Crippen molar-refractivity contribution in [1.82, 2.24) is 5.32 Å². The summed E-state index contributed by atoms with van der Waals surface area (Å²) >= 11 is 0. The molecule has 2 atom stereocenters. The molecule has 1 aliphatic rings. The van der Waals surface area contributed by atoms with E-state index in [1.807, 2.05) is 6.92 Å². The monoisotopic (exact) mass is 270 g/mol. The quantitative estimate of drug-likeness (QED) is 0.592. The maximum Gasteiger partial charge on any atom is 0.303 e. The van der Waals surface area contributed by atoms with Crippen LogP contribution in [0.25, 0.3) is 0 Å². The van der Waals surface area contributed by atoms with Crippen LogP contribution in [0.1, 0.15) is 52.4 Å². The number of nitrogens with two attached hydrogens (primary N) is 1. The summed E-state index contributed by atoms with van der Waals surface area (Å²) in [6.07, 6.45) is 4.70. The Labute approximate surface area is 114 Å². The third-order valence-corrected chi connectivity index (χ3v) is 4.10. The van der Waals surface area contributed by atoms with Gasteiger partial charge in [-0.2, -0.15) is 0 Å². The predicted molar refractivity (Wildman–Crippen MR) is 73.6 cm³/mol. The number of carboxylic acids is 1. The molecule has 5 heteroatoms. The summed E-state index contributed by atoms with van der Waals surface area (Å²) < 4.78 is 0. The van der Waals surface area contributed by atoms with Gasteiger partial charge in [0.25, 0.3) is 0 Å². The molecule has 0 aromatic heterocycles. The molecule has 2 unspecified atom stereocenters. The van der Waals surface area contributed by atoms with Gasteiger partial charge >= 0.3 is 5.97 Å². The Bertz CT molecular complexity index is 325. The average Bonchev–Trinajstić information content (AvgIpc) is 3.17. The zero-order chi connectivity index (χ0) is 14.5. The topological polar surface area (TPSA) is 92.4 Å². The molecule has 0 aromatic carbocycles. The Hall–Kier alpha value is -1.10. The Kier molecular flexibility index (Phi) is 5.79. The van der Waals surface area contributed by atoms with Crippen molar-refractivity contribution in [3.05, 3.63) is 0 Å². The molecule has 4 N–H and O–H groups in total. The first-order valence-corrected chi connectivity index (χ1v) is 7.16. The number of carboxylic acid groups (broad SMARTS) is 1. The number of amides is 1. The fraction of sp³-hybridized carbons (Fsp3) is 0.857. The van der Waals surface area contributed by atoms with Crippen LogP contribution in [0, 0.1) is 11.8 Å². The summed E-state index contributed by atoms with van der Waals surface area (Å²) in [5.74, 6) is -0.170. The van der Waals surface area contributed by atoms with Crippen LogP contribution in [0.15, 0.2) is 0 Å². The van der Waals surface area contributed by atoms with E-state index in [1.54, 1.807) is 6.92 Å². The van der Waals surface area contributed by atoms with Gasteiger partial charge in [0.2, 0.25) is 5.91 Å². The van der Waals surface area contributed by atoms with E-state index in [9.17, 15) is 9.59 Å². The minimum Gasteiger partial charge on any atom is -0.481 e. The number of aliphatic carboxylic acids is 1. The lowest BCUT2D eigenvalue weighted by molar-refractivity contribution is -0.137. The summed E-state index contributed by atoms with van der Waals surface area (Å²) in [6.45, 7) is 4.42. The Balaban J connectivity index is 2.24. The first-order valence-electron chi connectivity index (χ1n) is 7.16. The molecule has 1 amide bonds. The molecule has 0 saturated heterocycles. The third-order valence-electron chi connectivity index (χ3n) is 4.10. The Morgan fingerprint density at radius 3 is 2.53 bits per heavy atom. The molecule has 1 saturated carbocycles. The fourth-order valence-corrected chi connectivity index (χ4v) is 2.33. The van der Waals surface area contributed by atoms with E-state index in [1.165, 1.54) is 0 Å². The van der Waals surface area contributed by atoms with Gasteiger partial charge in [0.1, 0.15) is 0 Å². The lowest BCUT2D eigenvalue weighted by Crippen LogP contribution is -2.53. The van der Waals surface area contributed by atoms with Gasteiger partial charge in [0.15, 0.2) is 0 Å². The number of hydrogen-bond donors (Lipinski definition) is 3. The van der Waals surface area contributed by atoms with Crippen LogP contribution >= 0.6 is 0 Å². The number of carbonyl (C=O) groups excluding carboxylic acids is 1. The highest BCUT2D eigenvalue weighted by Gasteiger charge is 2.43. The van der Waals surface area contributed by atoms with E-state index >= 15 is 0 Å². The summed E-state index contributed by atoms with van der Waals surface area (Å²) in [6, 6.07) is 0. The van der Waals surface area contributed by atoms with E-state index in [2.05, 4.69) is 5.32 Å². The first kappa shape index (κ1) is 16.0. The van der Waals surface area contributed by atoms with Gasteiger partial charge in [-0.3, -0.25) is 9.59 Å². The second-order valence-electron chi connectivity index (χ2n) is 5.81. The first-order chi connectivity index (χ1) is 8.87. The normalized spacial score (nSPS) is 19.5. The third kappa shape index (κ3) is 5.19. The zero-order valence-electron chi connectivity index (χ0n) is 11.9. The van der Waals surface area contributed by atoms with E-state index in [-0.39, 0.29) is 12.3 Å². The molecule has 110 valence electrons. The lowest BCUT2D eigenvalue weighted by atomic mass is 9.94. The smallest absolute Gasteiger partial charge is 0.303 e. The van der Waals surface area contributed by atoms with Gasteiger partial charge in [-0.15, -0.1) is 0 Å². The van der Waals surface area contributed by atoms with Crippen LogP contribution in [0.5, 0.6) is 0 Å². The van der Waals surface area contributed by atoms with Gasteiger partial charge in [-0.05, 0) is 44.4 Å². The average molecular weight is 270 g/mol. The van der Waals surface area contributed by atoms with Gasteiger partial charge < -0.3 is 16.2 Å². The van der Waals surface area contributed by atoms with E-state index in [0.717, 1.165) is 25.7 Å². The molecular weight excluding hydrogens is 244 g/mol. The van der Waals surface area contributed by atoms with E-state index in [4.69, 9.17) is 10.8 Å². The predicted octanol–water partition coefficient (Wildman–Crippen LogP) is 1.51. The molecule has 0 bridgehead atoms. The molecule has 19 heavy (non-hydrogen) atoms. The van der Waals surface area contributed by atoms with Crippen LogP contribution in [-0.4, -0.2) is 29.1 Å². The molecule has 0 radical (unpaired) electrons. The molecule has 1 rings (SSSR count). The molecule has 1 fully saturated rings. The number of carbonyl (C=O) groups is 2. The number of nitrogens with one attached hydrogen (secondary N) is 1. The van der Waals surface area contributed by atoms with Gasteiger partial charge in [0.05, 0.1) is 5.54 Å². The van der Waals surface area contributed by atoms with Crippen molar-refractivity contribution < 1.29 is 14.7 Å². The van der Waals surface area contributed by atoms with Crippen LogP contribution in [0.4, 0.5) is 0 Å². The maximum atomic E-state index is 12.0. The summed E-state index contributed by atoms with van der Waals surface area (Å²) in [5, 5.41) is 11.5. The highest BCUT2D eigenvalue weighted by molar-refractivity contribution is 5.86. The second-order valence-corrected chi connectivity index (χ2v) is 5.81. The highest BCUT2D eigenvalue weighted by Crippen LogP contribution is 2.38. The van der Waals surface area contributed by atoms with Gasteiger partial charge in [0, 0.05) is 13.0 Å². The van der Waals surface area contributed by atoms with Crippen LogP contribution in [0.3, 0.4) is 0 Å². The van der Waals surface area contributed by atoms with Crippen molar-refractivity contribution in [2.45, 2.75) is 57.9 Å². The zero-order valence-corrected chi connectivity index (χ0v) is 11.9. The second kappa shape index (κ2) is 6.89. The molecule has 0 spiro atoms. The molecule has 0 heterocycles. The highest BCUT2D eigenvalue weighted by atomic mass is 16.4. The number of hydrogen-bond acceptors (Lipinski definition) is 3. The van der Waals surface area contributed by atoms with Crippen molar-refractivity contribution >= 4 is 11.9 Å². The largest absolute Gasteiger partial charge is 0.481 e. The van der Waals surface area contributed by atoms with E-state index < -0.39 is 11.5 Å². The van der Waals surface area contributed by atoms with Crippen molar-refractivity contribution in [3.8, 4) is 0 Å². The number of rotatable bonds is 9. The van der Waals surface area contributed by atoms with Gasteiger partial charge in [-0.25, -0.2) is 0 Å². The molecular formula is C14H26N2O3. The summed E-state index contributed by atoms with van der Waals surface area (Å²) in [5.41, 5.74) is 5.28. The van der Waals surface area contributed by atoms with Crippen LogP contribution < -0.4 is 11.1 Å². The summed E-state index contributed by atoms with van der Waals surface area (Å²) in [4.78, 5) is 22.5.